The molecule has 1 aromatic heterocycles. The number of likely N-dealkylation sites (N-methyl/N-ethyl adjacent to an activating group) is 1. The zero-order valence-electron chi connectivity index (χ0n) is 11.7. The van der Waals surface area contributed by atoms with Crippen molar-refractivity contribution in [1.29, 1.82) is 0 Å². The third-order valence-corrected chi connectivity index (χ3v) is 5.09. The van der Waals surface area contributed by atoms with Crippen molar-refractivity contribution >= 4 is 15.8 Å². The van der Waals surface area contributed by atoms with Crippen molar-refractivity contribution in [3.63, 3.8) is 0 Å². The molecular formula is C12H21N3O3S. The van der Waals surface area contributed by atoms with Gasteiger partial charge in [-0.25, -0.2) is 13.4 Å². The number of pyridine rings is 1. The highest BCUT2D eigenvalue weighted by molar-refractivity contribution is 7.89. The van der Waals surface area contributed by atoms with Crippen molar-refractivity contribution < 1.29 is 13.5 Å². The third-order valence-electron chi connectivity index (χ3n) is 2.99. The molecule has 0 aromatic carbocycles. The Hall–Kier alpha value is -1.18. The van der Waals surface area contributed by atoms with Crippen LogP contribution < -0.4 is 5.32 Å². The van der Waals surface area contributed by atoms with Crippen molar-refractivity contribution in [3.05, 3.63) is 18.3 Å². The summed E-state index contributed by atoms with van der Waals surface area (Å²) in [5.41, 5.74) is -0.877. The van der Waals surface area contributed by atoms with Crippen LogP contribution in [0.3, 0.4) is 0 Å². The number of rotatable bonds is 6. The summed E-state index contributed by atoms with van der Waals surface area (Å²) in [6.45, 7) is 5.50. The maximum Gasteiger partial charge on any atom is 0.247 e. The van der Waals surface area contributed by atoms with Gasteiger partial charge in [-0.2, -0.15) is 4.31 Å². The standard InChI is InChI=1S/C12H21N3O3S/c1-5-13-11-10(7-6-8-14-11)19(17,18)15(4)12(2,3)9-16/h6-8,16H,5,9H2,1-4H3,(H,13,14). The minimum Gasteiger partial charge on any atom is -0.394 e. The van der Waals surface area contributed by atoms with E-state index in [9.17, 15) is 13.5 Å². The monoisotopic (exact) mass is 287 g/mol. The zero-order chi connectivity index (χ0) is 14.7. The van der Waals surface area contributed by atoms with E-state index in [0.29, 0.717) is 12.4 Å². The van der Waals surface area contributed by atoms with E-state index in [-0.39, 0.29) is 11.5 Å². The second-order valence-electron chi connectivity index (χ2n) is 4.82. The molecule has 0 amide bonds. The number of nitrogens with zero attached hydrogens (tertiary/aromatic N) is 2. The second kappa shape index (κ2) is 5.85. The molecule has 0 fully saturated rings. The van der Waals surface area contributed by atoms with Gasteiger partial charge in [0.1, 0.15) is 10.7 Å². The predicted octanol–water partition coefficient (Wildman–Crippen LogP) is 0.905. The summed E-state index contributed by atoms with van der Waals surface area (Å²) >= 11 is 0. The van der Waals surface area contributed by atoms with Gasteiger partial charge >= 0.3 is 0 Å². The first-order chi connectivity index (χ1) is 8.77. The van der Waals surface area contributed by atoms with Gasteiger partial charge in [0.25, 0.3) is 0 Å². The van der Waals surface area contributed by atoms with Gasteiger partial charge in [-0.3, -0.25) is 0 Å². The van der Waals surface area contributed by atoms with Gasteiger partial charge in [-0.1, -0.05) is 0 Å². The lowest BCUT2D eigenvalue weighted by atomic mass is 10.1. The molecule has 0 spiro atoms. The molecular weight excluding hydrogens is 266 g/mol. The van der Waals surface area contributed by atoms with Crippen LogP contribution in [-0.4, -0.2) is 48.6 Å². The van der Waals surface area contributed by atoms with E-state index in [1.807, 2.05) is 6.92 Å². The first kappa shape index (κ1) is 15.9. The molecule has 7 heteroatoms. The number of aliphatic hydroxyl groups excluding tert-OH is 1. The first-order valence-corrected chi connectivity index (χ1v) is 7.50. The van der Waals surface area contributed by atoms with Crippen LogP contribution in [0.15, 0.2) is 23.2 Å². The average molecular weight is 287 g/mol. The van der Waals surface area contributed by atoms with Crippen molar-refractivity contribution in [2.45, 2.75) is 31.2 Å². The molecule has 0 radical (unpaired) electrons. The quantitative estimate of drug-likeness (QED) is 0.812. The largest absolute Gasteiger partial charge is 0.394 e. The summed E-state index contributed by atoms with van der Waals surface area (Å²) in [5, 5.41) is 12.2. The smallest absolute Gasteiger partial charge is 0.247 e. The van der Waals surface area contributed by atoms with E-state index in [1.165, 1.54) is 19.3 Å². The molecule has 108 valence electrons. The SMILES string of the molecule is CCNc1ncccc1S(=O)(=O)N(C)C(C)(C)CO. The molecule has 0 bridgehead atoms. The summed E-state index contributed by atoms with van der Waals surface area (Å²) in [4.78, 5) is 4.16. The molecule has 0 unspecified atom stereocenters. The maximum atomic E-state index is 12.6. The number of hydrogen-bond acceptors (Lipinski definition) is 5. The molecule has 1 heterocycles. The molecule has 6 nitrogen and oxygen atoms in total. The molecule has 1 rings (SSSR count). The fourth-order valence-corrected chi connectivity index (χ4v) is 3.09. The van der Waals surface area contributed by atoms with Crippen molar-refractivity contribution in [2.75, 3.05) is 25.5 Å². The van der Waals surface area contributed by atoms with E-state index in [1.54, 1.807) is 19.9 Å². The Kier molecular flexibility index (Phi) is 4.89. The molecule has 19 heavy (non-hydrogen) atoms. The van der Waals surface area contributed by atoms with Crippen LogP contribution in [-0.2, 0) is 10.0 Å². The normalized spacial score (nSPS) is 12.7. The topological polar surface area (TPSA) is 82.5 Å². The Morgan fingerprint density at radius 3 is 2.63 bits per heavy atom. The van der Waals surface area contributed by atoms with Gasteiger partial charge in [-0.15, -0.1) is 0 Å². The molecule has 0 atom stereocenters. The fourth-order valence-electron chi connectivity index (χ4n) is 1.47. The Bertz CT molecular complexity index is 529. The highest BCUT2D eigenvalue weighted by Gasteiger charge is 2.35. The number of hydrogen-bond donors (Lipinski definition) is 2. The van der Waals surface area contributed by atoms with Gasteiger partial charge in [0, 0.05) is 19.8 Å². The zero-order valence-corrected chi connectivity index (χ0v) is 12.5. The second-order valence-corrected chi connectivity index (χ2v) is 6.76. The van der Waals surface area contributed by atoms with Crippen molar-refractivity contribution in [3.8, 4) is 0 Å². The summed E-state index contributed by atoms with van der Waals surface area (Å²) in [6.07, 6.45) is 1.54. The number of sulfonamides is 1. The Morgan fingerprint density at radius 2 is 2.11 bits per heavy atom. The van der Waals surface area contributed by atoms with Gasteiger partial charge in [0.05, 0.1) is 12.1 Å². The molecule has 2 N–H and O–H groups in total. The minimum atomic E-state index is -3.71. The van der Waals surface area contributed by atoms with Gasteiger partial charge in [-0.05, 0) is 32.9 Å². The summed E-state index contributed by atoms with van der Waals surface area (Å²) in [7, 11) is -2.26. The van der Waals surface area contributed by atoms with Crippen molar-refractivity contribution in [2.24, 2.45) is 0 Å². The predicted molar refractivity (Wildman–Crippen MR) is 74.5 cm³/mol. The molecule has 0 saturated heterocycles. The first-order valence-electron chi connectivity index (χ1n) is 6.06. The Labute approximate surface area is 114 Å². The molecule has 0 aliphatic rings. The van der Waals surface area contributed by atoms with Crippen LogP contribution in [0.25, 0.3) is 0 Å². The highest BCUT2D eigenvalue weighted by atomic mass is 32.2. The van der Waals surface area contributed by atoms with Crippen LogP contribution in [0.4, 0.5) is 5.82 Å². The van der Waals surface area contributed by atoms with Crippen LogP contribution in [0.5, 0.6) is 0 Å². The maximum absolute atomic E-state index is 12.6. The Balaban J connectivity index is 3.28. The van der Waals surface area contributed by atoms with Gasteiger partial charge < -0.3 is 10.4 Å². The lowest BCUT2D eigenvalue weighted by Gasteiger charge is -2.33. The van der Waals surface area contributed by atoms with E-state index < -0.39 is 15.6 Å². The number of aromatic nitrogens is 1. The molecule has 0 aliphatic carbocycles. The minimum absolute atomic E-state index is 0.112. The fraction of sp³-hybridized carbons (Fsp3) is 0.583. The molecule has 0 aliphatic heterocycles. The van der Waals surface area contributed by atoms with Gasteiger partial charge in [0.2, 0.25) is 10.0 Å². The number of nitrogens with one attached hydrogen (secondary N) is 1. The number of aliphatic hydroxyl groups is 1. The summed E-state index contributed by atoms with van der Waals surface area (Å²) in [5.74, 6) is 0.325. The van der Waals surface area contributed by atoms with Crippen LogP contribution >= 0.6 is 0 Å². The Morgan fingerprint density at radius 1 is 1.47 bits per heavy atom. The van der Waals surface area contributed by atoms with E-state index in [0.717, 1.165) is 4.31 Å². The highest BCUT2D eigenvalue weighted by Crippen LogP contribution is 2.26. The van der Waals surface area contributed by atoms with Crippen LogP contribution in [0.1, 0.15) is 20.8 Å². The van der Waals surface area contributed by atoms with Crippen LogP contribution in [0.2, 0.25) is 0 Å². The van der Waals surface area contributed by atoms with Crippen molar-refractivity contribution in [1.82, 2.24) is 9.29 Å². The average Bonchev–Trinajstić information content (AvgIpc) is 2.38. The van der Waals surface area contributed by atoms with E-state index in [2.05, 4.69) is 10.3 Å². The number of anilines is 1. The van der Waals surface area contributed by atoms with E-state index in [4.69, 9.17) is 0 Å². The summed E-state index contributed by atoms with van der Waals surface area (Å²) < 4.78 is 26.3. The van der Waals surface area contributed by atoms with E-state index >= 15 is 0 Å². The van der Waals surface area contributed by atoms with Gasteiger partial charge in [0.15, 0.2) is 0 Å². The summed E-state index contributed by atoms with van der Waals surface area (Å²) in [6, 6.07) is 3.08. The van der Waals surface area contributed by atoms with Crippen LogP contribution in [0, 0.1) is 0 Å². The lowest BCUT2D eigenvalue weighted by Crippen LogP contribution is -2.47. The molecule has 0 saturated carbocycles. The lowest BCUT2D eigenvalue weighted by molar-refractivity contribution is 0.138. The third kappa shape index (κ3) is 3.23. The molecule has 1 aromatic rings.